The van der Waals surface area contributed by atoms with E-state index in [1.807, 2.05) is 32.0 Å². The van der Waals surface area contributed by atoms with Crippen molar-refractivity contribution < 1.29 is 19.4 Å². The number of thiocarbonyl (C=S) groups is 1. The minimum Gasteiger partial charge on any atom is -0.484 e. The molecule has 0 unspecified atom stereocenters. The van der Waals surface area contributed by atoms with Gasteiger partial charge in [-0.1, -0.05) is 12.1 Å². The molecule has 1 amide bonds. The number of rotatable bonds is 5. The lowest BCUT2D eigenvalue weighted by atomic mass is 10.1. The number of benzene rings is 2. The van der Waals surface area contributed by atoms with E-state index in [4.69, 9.17) is 22.1 Å². The molecule has 0 aliphatic carbocycles. The monoisotopic (exact) mass is 358 g/mol. The van der Waals surface area contributed by atoms with Gasteiger partial charge in [0.1, 0.15) is 5.75 Å². The second-order valence-corrected chi connectivity index (χ2v) is 5.91. The number of carbonyl (C=O) groups is 2. The lowest BCUT2D eigenvalue weighted by Crippen LogP contribution is -2.37. The van der Waals surface area contributed by atoms with Gasteiger partial charge in [-0.3, -0.25) is 10.1 Å². The second-order valence-electron chi connectivity index (χ2n) is 5.50. The number of carboxylic acids is 1. The van der Waals surface area contributed by atoms with E-state index in [1.165, 1.54) is 12.1 Å². The molecule has 25 heavy (non-hydrogen) atoms. The Morgan fingerprint density at radius 2 is 1.80 bits per heavy atom. The molecule has 3 N–H and O–H groups in total. The van der Waals surface area contributed by atoms with Crippen LogP contribution in [-0.4, -0.2) is 28.7 Å². The Balaban J connectivity index is 1.86. The molecule has 2 aromatic rings. The van der Waals surface area contributed by atoms with Gasteiger partial charge in [0.15, 0.2) is 11.7 Å². The maximum Gasteiger partial charge on any atom is 0.335 e. The molecule has 6 nitrogen and oxygen atoms in total. The average Bonchev–Trinajstić information content (AvgIpc) is 2.52. The molecule has 0 heterocycles. The van der Waals surface area contributed by atoms with E-state index in [2.05, 4.69) is 10.6 Å². The summed E-state index contributed by atoms with van der Waals surface area (Å²) in [4.78, 5) is 22.8. The Morgan fingerprint density at radius 1 is 1.12 bits per heavy atom. The number of nitrogens with one attached hydrogen (secondary N) is 2. The summed E-state index contributed by atoms with van der Waals surface area (Å²) in [6.45, 7) is 3.72. The highest BCUT2D eigenvalue weighted by Crippen LogP contribution is 2.16. The maximum atomic E-state index is 11.9. The number of ether oxygens (including phenoxy) is 1. The fourth-order valence-corrected chi connectivity index (χ4v) is 2.45. The van der Waals surface area contributed by atoms with Crippen LogP contribution in [-0.2, 0) is 4.79 Å². The van der Waals surface area contributed by atoms with Gasteiger partial charge in [-0.25, -0.2) is 4.79 Å². The van der Waals surface area contributed by atoms with E-state index in [1.54, 1.807) is 12.1 Å². The van der Waals surface area contributed by atoms with Gasteiger partial charge < -0.3 is 15.2 Å². The molecule has 0 radical (unpaired) electrons. The summed E-state index contributed by atoms with van der Waals surface area (Å²) in [5.74, 6) is -0.841. The lowest BCUT2D eigenvalue weighted by Gasteiger charge is -2.11. The van der Waals surface area contributed by atoms with Crippen LogP contribution >= 0.6 is 12.2 Å². The molecule has 0 aliphatic rings. The second kappa shape index (κ2) is 8.25. The van der Waals surface area contributed by atoms with E-state index in [0.717, 1.165) is 11.1 Å². The third kappa shape index (κ3) is 5.89. The highest BCUT2D eigenvalue weighted by Gasteiger charge is 2.08. The van der Waals surface area contributed by atoms with E-state index < -0.39 is 11.9 Å². The van der Waals surface area contributed by atoms with Crippen molar-refractivity contribution in [1.29, 1.82) is 0 Å². The van der Waals surface area contributed by atoms with Crippen molar-refractivity contribution in [3.05, 3.63) is 59.2 Å². The summed E-state index contributed by atoms with van der Waals surface area (Å²) in [5.41, 5.74) is 2.69. The molecular weight excluding hydrogens is 340 g/mol. The number of aryl methyl sites for hydroxylation is 2. The molecule has 2 aromatic carbocycles. The SMILES string of the molecule is Cc1cc(C)cc(OCC(=O)NC(=S)Nc2cccc(C(=O)O)c2)c1. The first-order valence-electron chi connectivity index (χ1n) is 7.49. The first kappa shape index (κ1) is 18.4. The van der Waals surface area contributed by atoms with Gasteiger partial charge in [0.25, 0.3) is 5.91 Å². The zero-order chi connectivity index (χ0) is 18.4. The smallest absolute Gasteiger partial charge is 0.335 e. The number of hydrogen-bond acceptors (Lipinski definition) is 4. The zero-order valence-electron chi connectivity index (χ0n) is 13.8. The summed E-state index contributed by atoms with van der Waals surface area (Å²) >= 11 is 5.05. The highest BCUT2D eigenvalue weighted by atomic mass is 32.1. The molecule has 0 bridgehead atoms. The first-order valence-corrected chi connectivity index (χ1v) is 7.89. The Labute approximate surface area is 150 Å². The fraction of sp³-hybridized carbons (Fsp3) is 0.167. The predicted octanol–water partition coefficient (Wildman–Crippen LogP) is 2.89. The van der Waals surface area contributed by atoms with E-state index in [0.29, 0.717) is 11.4 Å². The highest BCUT2D eigenvalue weighted by molar-refractivity contribution is 7.80. The number of carbonyl (C=O) groups excluding carboxylic acids is 1. The van der Waals surface area contributed by atoms with Crippen molar-refractivity contribution in [2.75, 3.05) is 11.9 Å². The summed E-state index contributed by atoms with van der Waals surface area (Å²) in [5, 5.41) is 14.3. The van der Waals surface area contributed by atoms with E-state index in [-0.39, 0.29) is 17.3 Å². The molecule has 7 heteroatoms. The maximum absolute atomic E-state index is 11.9. The molecule has 130 valence electrons. The number of amides is 1. The minimum absolute atomic E-state index is 0.0663. The van der Waals surface area contributed by atoms with Gasteiger partial charge in [-0.15, -0.1) is 0 Å². The van der Waals surface area contributed by atoms with Crippen LogP contribution in [0.1, 0.15) is 21.5 Å². The van der Waals surface area contributed by atoms with Crippen molar-refractivity contribution in [3.8, 4) is 5.75 Å². The number of hydrogen-bond donors (Lipinski definition) is 3. The third-order valence-corrected chi connectivity index (χ3v) is 3.39. The van der Waals surface area contributed by atoms with E-state index in [9.17, 15) is 9.59 Å². The van der Waals surface area contributed by atoms with Crippen LogP contribution in [0.4, 0.5) is 5.69 Å². The first-order chi connectivity index (χ1) is 11.8. The standard InChI is InChI=1S/C18H18N2O4S/c1-11-6-12(2)8-15(7-11)24-10-16(21)20-18(25)19-14-5-3-4-13(9-14)17(22)23/h3-9H,10H2,1-2H3,(H,22,23)(H2,19,20,21,25). The third-order valence-electron chi connectivity index (χ3n) is 3.19. The van der Waals surface area contributed by atoms with Crippen molar-refractivity contribution in [2.45, 2.75) is 13.8 Å². The molecule has 0 spiro atoms. The fourth-order valence-electron chi connectivity index (χ4n) is 2.22. The number of anilines is 1. The topological polar surface area (TPSA) is 87.7 Å². The van der Waals surface area contributed by atoms with Crippen LogP contribution in [0.3, 0.4) is 0 Å². The predicted molar refractivity (Wildman–Crippen MR) is 99.2 cm³/mol. The van der Waals surface area contributed by atoms with Gasteiger partial charge in [-0.2, -0.15) is 0 Å². The summed E-state index contributed by atoms with van der Waals surface area (Å²) in [7, 11) is 0. The minimum atomic E-state index is -1.04. The molecular formula is C18H18N2O4S. The van der Waals surface area contributed by atoms with Crippen molar-refractivity contribution in [2.24, 2.45) is 0 Å². The van der Waals surface area contributed by atoms with Crippen molar-refractivity contribution in [1.82, 2.24) is 5.32 Å². The van der Waals surface area contributed by atoms with Gasteiger partial charge in [-0.05, 0) is 67.5 Å². The van der Waals surface area contributed by atoms with Crippen molar-refractivity contribution in [3.63, 3.8) is 0 Å². The van der Waals surface area contributed by atoms with Crippen LogP contribution in [0, 0.1) is 13.8 Å². The molecule has 0 atom stereocenters. The lowest BCUT2D eigenvalue weighted by molar-refractivity contribution is -0.121. The summed E-state index contributed by atoms with van der Waals surface area (Å²) in [6, 6.07) is 11.8. The summed E-state index contributed by atoms with van der Waals surface area (Å²) < 4.78 is 5.45. The molecule has 0 saturated heterocycles. The molecule has 0 saturated carbocycles. The van der Waals surface area contributed by atoms with Gasteiger partial charge in [0, 0.05) is 5.69 Å². The number of carboxylic acid groups (broad SMARTS) is 1. The normalized spacial score (nSPS) is 10.0. The molecule has 0 aromatic heterocycles. The molecule has 0 fully saturated rings. The Hall–Kier alpha value is -2.93. The molecule has 2 rings (SSSR count). The summed E-state index contributed by atoms with van der Waals surface area (Å²) in [6.07, 6.45) is 0. The van der Waals surface area contributed by atoms with Gasteiger partial charge >= 0.3 is 5.97 Å². The zero-order valence-corrected chi connectivity index (χ0v) is 14.6. The van der Waals surface area contributed by atoms with Crippen LogP contribution in [0.15, 0.2) is 42.5 Å². The van der Waals surface area contributed by atoms with E-state index >= 15 is 0 Å². The Morgan fingerprint density at radius 3 is 2.44 bits per heavy atom. The van der Waals surface area contributed by atoms with Crippen LogP contribution < -0.4 is 15.4 Å². The molecule has 0 aliphatic heterocycles. The Kier molecular flexibility index (Phi) is 6.08. The van der Waals surface area contributed by atoms with Gasteiger partial charge in [0.05, 0.1) is 5.56 Å². The van der Waals surface area contributed by atoms with Crippen LogP contribution in [0.25, 0.3) is 0 Å². The largest absolute Gasteiger partial charge is 0.484 e. The Bertz CT molecular complexity index is 800. The van der Waals surface area contributed by atoms with Crippen LogP contribution in [0.5, 0.6) is 5.75 Å². The average molecular weight is 358 g/mol. The van der Waals surface area contributed by atoms with Gasteiger partial charge in [0.2, 0.25) is 0 Å². The van der Waals surface area contributed by atoms with Crippen molar-refractivity contribution >= 4 is 34.9 Å². The van der Waals surface area contributed by atoms with Crippen LogP contribution in [0.2, 0.25) is 0 Å². The number of aromatic carboxylic acids is 1. The quantitative estimate of drug-likeness (QED) is 0.713.